The summed E-state index contributed by atoms with van der Waals surface area (Å²) in [6, 6.07) is 1.88. The second-order valence-corrected chi connectivity index (χ2v) is 4.66. The molecule has 0 aliphatic heterocycles. The number of carbonyl (C=O) groups excluding carboxylic acids is 1. The SMILES string of the molecule is CCC(C)CC(C)NC(=O)Cn1ccc(N)n1. The molecule has 1 amide bonds. The standard InChI is InChI=1S/C12H22N4O/c1-4-9(2)7-10(3)14-12(17)8-16-6-5-11(13)15-16/h5-6,9-10H,4,7-8H2,1-3H3,(H2,13,15)(H,14,17). The van der Waals surface area contributed by atoms with Gasteiger partial charge in [-0.2, -0.15) is 5.10 Å². The minimum atomic E-state index is -0.0242. The summed E-state index contributed by atoms with van der Waals surface area (Å²) >= 11 is 0. The Kier molecular flexibility index (Phi) is 5.00. The zero-order valence-electron chi connectivity index (χ0n) is 10.8. The van der Waals surface area contributed by atoms with Gasteiger partial charge in [0, 0.05) is 12.2 Å². The molecule has 0 aromatic carbocycles. The summed E-state index contributed by atoms with van der Waals surface area (Å²) in [5, 5.41) is 6.93. The topological polar surface area (TPSA) is 72.9 Å². The van der Waals surface area contributed by atoms with Crippen LogP contribution in [-0.4, -0.2) is 21.7 Å². The lowest BCUT2D eigenvalue weighted by atomic mass is 10.0. The zero-order chi connectivity index (χ0) is 12.8. The van der Waals surface area contributed by atoms with E-state index in [-0.39, 0.29) is 18.5 Å². The summed E-state index contributed by atoms with van der Waals surface area (Å²) < 4.78 is 1.54. The highest BCUT2D eigenvalue weighted by atomic mass is 16.2. The molecule has 0 bridgehead atoms. The van der Waals surface area contributed by atoms with Crippen molar-refractivity contribution < 1.29 is 4.79 Å². The van der Waals surface area contributed by atoms with E-state index >= 15 is 0 Å². The van der Waals surface area contributed by atoms with E-state index in [9.17, 15) is 4.79 Å². The molecule has 96 valence electrons. The summed E-state index contributed by atoms with van der Waals surface area (Å²) in [7, 11) is 0. The summed E-state index contributed by atoms with van der Waals surface area (Å²) in [6.07, 6.45) is 3.84. The van der Waals surface area contributed by atoms with E-state index < -0.39 is 0 Å². The van der Waals surface area contributed by atoms with E-state index in [4.69, 9.17) is 5.73 Å². The molecule has 0 aliphatic carbocycles. The largest absolute Gasteiger partial charge is 0.382 e. The third-order valence-corrected chi connectivity index (χ3v) is 2.83. The second-order valence-electron chi connectivity index (χ2n) is 4.66. The summed E-state index contributed by atoms with van der Waals surface area (Å²) in [5.74, 6) is 1.04. The molecular weight excluding hydrogens is 216 g/mol. The lowest BCUT2D eigenvalue weighted by Gasteiger charge is -2.17. The smallest absolute Gasteiger partial charge is 0.241 e. The van der Waals surface area contributed by atoms with Gasteiger partial charge in [-0.05, 0) is 25.3 Å². The lowest BCUT2D eigenvalue weighted by molar-refractivity contribution is -0.122. The molecule has 5 heteroatoms. The second kappa shape index (κ2) is 6.27. The van der Waals surface area contributed by atoms with Crippen LogP contribution in [-0.2, 0) is 11.3 Å². The van der Waals surface area contributed by atoms with Gasteiger partial charge in [0.2, 0.25) is 5.91 Å². The predicted octanol–water partition coefficient (Wildman–Crippen LogP) is 1.41. The molecule has 2 unspecified atom stereocenters. The minimum absolute atomic E-state index is 0.0242. The van der Waals surface area contributed by atoms with Crippen molar-refractivity contribution in [2.75, 3.05) is 5.73 Å². The van der Waals surface area contributed by atoms with Gasteiger partial charge in [-0.3, -0.25) is 9.48 Å². The van der Waals surface area contributed by atoms with Gasteiger partial charge in [0.05, 0.1) is 0 Å². The van der Waals surface area contributed by atoms with Crippen LogP contribution in [0.15, 0.2) is 12.3 Å². The first kappa shape index (κ1) is 13.5. The van der Waals surface area contributed by atoms with E-state index in [2.05, 4.69) is 24.3 Å². The Morgan fingerprint density at radius 3 is 2.82 bits per heavy atom. The van der Waals surface area contributed by atoms with Crippen LogP contribution >= 0.6 is 0 Å². The number of hydrogen-bond acceptors (Lipinski definition) is 3. The van der Waals surface area contributed by atoms with Gasteiger partial charge in [0.1, 0.15) is 12.4 Å². The van der Waals surface area contributed by atoms with Crippen LogP contribution in [0.5, 0.6) is 0 Å². The Morgan fingerprint density at radius 1 is 1.59 bits per heavy atom. The number of nitrogens with one attached hydrogen (secondary N) is 1. The van der Waals surface area contributed by atoms with Gasteiger partial charge in [-0.15, -0.1) is 0 Å². The van der Waals surface area contributed by atoms with Crippen molar-refractivity contribution in [1.29, 1.82) is 0 Å². The molecule has 5 nitrogen and oxygen atoms in total. The highest BCUT2D eigenvalue weighted by Crippen LogP contribution is 2.09. The van der Waals surface area contributed by atoms with Crippen LogP contribution in [0.4, 0.5) is 5.82 Å². The van der Waals surface area contributed by atoms with Gasteiger partial charge < -0.3 is 11.1 Å². The first-order valence-corrected chi connectivity index (χ1v) is 6.09. The van der Waals surface area contributed by atoms with Crippen LogP contribution in [0.25, 0.3) is 0 Å². The lowest BCUT2D eigenvalue weighted by Crippen LogP contribution is -2.36. The number of hydrogen-bond donors (Lipinski definition) is 2. The highest BCUT2D eigenvalue weighted by Gasteiger charge is 2.11. The zero-order valence-corrected chi connectivity index (χ0v) is 10.8. The quantitative estimate of drug-likeness (QED) is 0.787. The summed E-state index contributed by atoms with van der Waals surface area (Å²) in [6.45, 7) is 6.60. The molecule has 1 aromatic rings. The minimum Gasteiger partial charge on any atom is -0.382 e. The van der Waals surface area contributed by atoms with Crippen molar-refractivity contribution in [1.82, 2.24) is 15.1 Å². The Bertz CT molecular complexity index is 361. The number of nitrogens with zero attached hydrogens (tertiary/aromatic N) is 2. The fourth-order valence-electron chi connectivity index (χ4n) is 1.76. The molecule has 0 saturated carbocycles. The van der Waals surface area contributed by atoms with Crippen LogP contribution < -0.4 is 11.1 Å². The Balaban J connectivity index is 2.34. The fraction of sp³-hybridized carbons (Fsp3) is 0.667. The molecule has 2 atom stereocenters. The van der Waals surface area contributed by atoms with Gasteiger partial charge in [-0.25, -0.2) is 0 Å². The maximum Gasteiger partial charge on any atom is 0.241 e. The molecule has 1 heterocycles. The van der Waals surface area contributed by atoms with Gasteiger partial charge in [-0.1, -0.05) is 20.3 Å². The Hall–Kier alpha value is -1.52. The average Bonchev–Trinajstić information content (AvgIpc) is 2.63. The van der Waals surface area contributed by atoms with Crippen molar-refractivity contribution in [2.24, 2.45) is 5.92 Å². The van der Waals surface area contributed by atoms with E-state index in [1.54, 1.807) is 16.9 Å². The van der Waals surface area contributed by atoms with Crippen molar-refractivity contribution in [3.8, 4) is 0 Å². The summed E-state index contributed by atoms with van der Waals surface area (Å²) in [4.78, 5) is 11.7. The van der Waals surface area contributed by atoms with E-state index in [0.717, 1.165) is 12.8 Å². The summed E-state index contributed by atoms with van der Waals surface area (Å²) in [5.41, 5.74) is 5.48. The van der Waals surface area contributed by atoms with Crippen molar-refractivity contribution in [3.05, 3.63) is 12.3 Å². The number of nitrogens with two attached hydrogens (primary N) is 1. The highest BCUT2D eigenvalue weighted by molar-refractivity contribution is 5.75. The molecule has 0 fully saturated rings. The fourth-order valence-corrected chi connectivity index (χ4v) is 1.76. The molecule has 17 heavy (non-hydrogen) atoms. The van der Waals surface area contributed by atoms with Crippen LogP contribution in [0.2, 0.25) is 0 Å². The van der Waals surface area contributed by atoms with Gasteiger partial charge in [0.15, 0.2) is 0 Å². The normalized spacial score (nSPS) is 14.3. The molecule has 0 spiro atoms. The van der Waals surface area contributed by atoms with Crippen LogP contribution in [0, 0.1) is 5.92 Å². The molecular formula is C12H22N4O. The number of anilines is 1. The number of nitrogen functional groups attached to an aromatic ring is 1. The maximum absolute atomic E-state index is 11.7. The number of amides is 1. The monoisotopic (exact) mass is 238 g/mol. The molecule has 3 N–H and O–H groups in total. The number of aromatic nitrogens is 2. The number of rotatable bonds is 6. The Labute approximate surface area is 102 Å². The van der Waals surface area contributed by atoms with E-state index in [0.29, 0.717) is 11.7 Å². The van der Waals surface area contributed by atoms with Gasteiger partial charge in [0.25, 0.3) is 0 Å². The van der Waals surface area contributed by atoms with Gasteiger partial charge >= 0.3 is 0 Å². The van der Waals surface area contributed by atoms with Crippen molar-refractivity contribution >= 4 is 11.7 Å². The Morgan fingerprint density at radius 2 is 2.29 bits per heavy atom. The van der Waals surface area contributed by atoms with E-state index in [1.165, 1.54) is 0 Å². The maximum atomic E-state index is 11.7. The molecule has 0 aliphatic rings. The third-order valence-electron chi connectivity index (χ3n) is 2.83. The van der Waals surface area contributed by atoms with Crippen LogP contribution in [0.1, 0.15) is 33.6 Å². The van der Waals surface area contributed by atoms with E-state index in [1.807, 2.05) is 6.92 Å². The third kappa shape index (κ3) is 4.89. The van der Waals surface area contributed by atoms with Crippen molar-refractivity contribution in [2.45, 2.75) is 46.2 Å². The van der Waals surface area contributed by atoms with Crippen molar-refractivity contribution in [3.63, 3.8) is 0 Å². The van der Waals surface area contributed by atoms with Crippen LogP contribution in [0.3, 0.4) is 0 Å². The first-order valence-electron chi connectivity index (χ1n) is 6.09. The first-order chi connectivity index (χ1) is 8.01. The molecule has 1 aromatic heterocycles. The molecule has 0 radical (unpaired) electrons. The molecule has 1 rings (SSSR count). The predicted molar refractivity (Wildman–Crippen MR) is 68.3 cm³/mol. The average molecular weight is 238 g/mol. The number of carbonyl (C=O) groups is 1. The molecule has 0 saturated heterocycles.